The summed E-state index contributed by atoms with van der Waals surface area (Å²) in [7, 11) is 3.20. The van der Waals surface area contributed by atoms with Crippen molar-refractivity contribution in [3.8, 4) is 11.5 Å². The summed E-state index contributed by atoms with van der Waals surface area (Å²) < 4.78 is 10.5. The maximum Gasteiger partial charge on any atom is 0.251 e. The van der Waals surface area contributed by atoms with Crippen LogP contribution in [0.4, 0.5) is 0 Å². The highest BCUT2D eigenvalue weighted by Gasteiger charge is 2.07. The third-order valence-electron chi connectivity index (χ3n) is 4.09. The fourth-order valence-electron chi connectivity index (χ4n) is 2.65. The van der Waals surface area contributed by atoms with Crippen LogP contribution in [0.15, 0.2) is 48.5 Å². The number of hydrogen-bond donors (Lipinski definition) is 2. The predicted molar refractivity (Wildman–Crippen MR) is 104 cm³/mol. The lowest BCUT2D eigenvalue weighted by atomic mass is 10.1. The normalized spacial score (nSPS) is 10.1. The molecule has 0 fully saturated rings. The number of hydrogen-bond acceptors (Lipinski definition) is 4. The van der Waals surface area contributed by atoms with Gasteiger partial charge in [0.15, 0.2) is 11.5 Å². The highest BCUT2D eigenvalue weighted by Crippen LogP contribution is 2.28. The Morgan fingerprint density at radius 3 is 2.30 bits per heavy atom. The molecule has 0 aliphatic rings. The van der Waals surface area contributed by atoms with Crippen LogP contribution in [0.1, 0.15) is 28.8 Å². The Labute approximate surface area is 159 Å². The molecule has 2 aromatic rings. The third kappa shape index (κ3) is 6.66. The second-order valence-corrected chi connectivity index (χ2v) is 6.01. The first-order valence-electron chi connectivity index (χ1n) is 8.95. The molecule has 27 heavy (non-hydrogen) atoms. The second-order valence-electron chi connectivity index (χ2n) is 6.01. The van der Waals surface area contributed by atoms with Gasteiger partial charge in [-0.15, -0.1) is 0 Å². The van der Waals surface area contributed by atoms with Crippen molar-refractivity contribution in [2.45, 2.75) is 19.3 Å². The van der Waals surface area contributed by atoms with E-state index < -0.39 is 0 Å². The molecule has 0 aliphatic carbocycles. The van der Waals surface area contributed by atoms with Crippen molar-refractivity contribution in [2.75, 3.05) is 27.3 Å². The van der Waals surface area contributed by atoms with Crippen LogP contribution in [0.2, 0.25) is 0 Å². The van der Waals surface area contributed by atoms with Crippen LogP contribution in [0.5, 0.6) is 11.5 Å². The number of nitrogens with one attached hydrogen (secondary N) is 2. The maximum atomic E-state index is 11.9. The fraction of sp³-hybridized carbons (Fsp3) is 0.333. The minimum absolute atomic E-state index is 0.0237. The van der Waals surface area contributed by atoms with Gasteiger partial charge in [-0.05, 0) is 42.7 Å². The van der Waals surface area contributed by atoms with E-state index in [0.717, 1.165) is 18.4 Å². The van der Waals surface area contributed by atoms with Crippen LogP contribution < -0.4 is 20.1 Å². The van der Waals surface area contributed by atoms with E-state index in [0.29, 0.717) is 36.6 Å². The zero-order valence-corrected chi connectivity index (χ0v) is 15.8. The zero-order valence-electron chi connectivity index (χ0n) is 15.8. The second kappa shape index (κ2) is 10.9. The molecule has 0 aliphatic heterocycles. The molecule has 0 heterocycles. The van der Waals surface area contributed by atoms with E-state index in [1.807, 2.05) is 36.4 Å². The average molecular weight is 370 g/mol. The third-order valence-corrected chi connectivity index (χ3v) is 4.09. The van der Waals surface area contributed by atoms with Crippen molar-refractivity contribution in [1.82, 2.24) is 10.6 Å². The Morgan fingerprint density at radius 1 is 0.889 bits per heavy atom. The number of amides is 2. The number of rotatable bonds is 10. The van der Waals surface area contributed by atoms with Gasteiger partial charge in [0.25, 0.3) is 5.91 Å². The average Bonchev–Trinajstić information content (AvgIpc) is 2.71. The zero-order chi connectivity index (χ0) is 19.5. The fourth-order valence-corrected chi connectivity index (χ4v) is 2.65. The Bertz CT molecular complexity index is 747. The van der Waals surface area contributed by atoms with Crippen molar-refractivity contribution in [3.63, 3.8) is 0 Å². The minimum Gasteiger partial charge on any atom is -0.493 e. The molecule has 2 rings (SSSR count). The van der Waals surface area contributed by atoms with E-state index >= 15 is 0 Å². The Morgan fingerprint density at radius 2 is 1.59 bits per heavy atom. The molecule has 144 valence electrons. The largest absolute Gasteiger partial charge is 0.493 e. The summed E-state index contributed by atoms with van der Waals surface area (Å²) in [5.41, 5.74) is 1.70. The molecule has 2 N–H and O–H groups in total. The standard InChI is InChI=1S/C21H26N2O4/c1-26-18-12-11-16(15-19(18)27-2)7-6-10-20(24)22-13-14-23-21(25)17-8-4-3-5-9-17/h3-5,8-9,11-12,15H,6-7,10,13-14H2,1-2H3,(H,22,24)(H,23,25). The monoisotopic (exact) mass is 370 g/mol. The molecular weight excluding hydrogens is 344 g/mol. The van der Waals surface area contributed by atoms with Gasteiger partial charge in [-0.3, -0.25) is 9.59 Å². The smallest absolute Gasteiger partial charge is 0.251 e. The summed E-state index contributed by atoms with van der Waals surface area (Å²) in [5.74, 6) is 1.22. The Hall–Kier alpha value is -3.02. The van der Waals surface area contributed by atoms with Gasteiger partial charge in [0.1, 0.15) is 0 Å². The number of aryl methyl sites for hydroxylation is 1. The van der Waals surface area contributed by atoms with Gasteiger partial charge < -0.3 is 20.1 Å². The maximum absolute atomic E-state index is 11.9. The molecular formula is C21H26N2O4. The van der Waals surface area contributed by atoms with Crippen LogP contribution in [0.3, 0.4) is 0 Å². The van der Waals surface area contributed by atoms with Gasteiger partial charge in [0.2, 0.25) is 5.91 Å². The Balaban J connectivity index is 1.63. The highest BCUT2D eigenvalue weighted by molar-refractivity contribution is 5.94. The molecule has 0 spiro atoms. The SMILES string of the molecule is COc1ccc(CCCC(=O)NCCNC(=O)c2ccccc2)cc1OC. The van der Waals surface area contributed by atoms with Gasteiger partial charge in [-0.1, -0.05) is 24.3 Å². The lowest BCUT2D eigenvalue weighted by Crippen LogP contribution is -2.34. The molecule has 0 atom stereocenters. The summed E-state index contributed by atoms with van der Waals surface area (Å²) in [6.45, 7) is 0.808. The van der Waals surface area contributed by atoms with Crippen molar-refractivity contribution < 1.29 is 19.1 Å². The molecule has 6 heteroatoms. The summed E-state index contributed by atoms with van der Waals surface area (Å²) >= 11 is 0. The van der Waals surface area contributed by atoms with E-state index in [1.165, 1.54) is 0 Å². The molecule has 0 saturated carbocycles. The first kappa shape index (κ1) is 20.3. The van der Waals surface area contributed by atoms with Crippen LogP contribution in [-0.4, -0.2) is 39.1 Å². The summed E-state index contributed by atoms with van der Waals surface area (Å²) in [5, 5.41) is 5.60. The molecule has 0 bridgehead atoms. The van der Waals surface area contributed by atoms with Gasteiger partial charge in [-0.2, -0.15) is 0 Å². The molecule has 0 radical (unpaired) electrons. The van der Waals surface area contributed by atoms with E-state index in [4.69, 9.17) is 9.47 Å². The van der Waals surface area contributed by atoms with Crippen molar-refractivity contribution in [2.24, 2.45) is 0 Å². The molecule has 6 nitrogen and oxygen atoms in total. The summed E-state index contributed by atoms with van der Waals surface area (Å²) in [6, 6.07) is 14.8. The van der Waals surface area contributed by atoms with Crippen molar-refractivity contribution >= 4 is 11.8 Å². The van der Waals surface area contributed by atoms with Crippen LogP contribution in [0, 0.1) is 0 Å². The quantitative estimate of drug-likeness (QED) is 0.630. The van der Waals surface area contributed by atoms with E-state index in [9.17, 15) is 9.59 Å². The van der Waals surface area contributed by atoms with Gasteiger partial charge in [-0.25, -0.2) is 0 Å². The lowest BCUT2D eigenvalue weighted by molar-refractivity contribution is -0.121. The first-order chi connectivity index (χ1) is 13.1. The van der Waals surface area contributed by atoms with E-state index in [-0.39, 0.29) is 11.8 Å². The lowest BCUT2D eigenvalue weighted by Gasteiger charge is -2.10. The number of benzene rings is 2. The Kier molecular flexibility index (Phi) is 8.16. The van der Waals surface area contributed by atoms with Crippen LogP contribution in [-0.2, 0) is 11.2 Å². The molecule has 0 aromatic heterocycles. The summed E-state index contributed by atoms with van der Waals surface area (Å²) in [6.07, 6.45) is 1.94. The number of methoxy groups -OCH3 is 2. The van der Waals surface area contributed by atoms with Crippen molar-refractivity contribution in [3.05, 3.63) is 59.7 Å². The number of carbonyl (C=O) groups excluding carboxylic acids is 2. The number of ether oxygens (including phenoxy) is 2. The van der Waals surface area contributed by atoms with E-state index in [1.54, 1.807) is 26.4 Å². The summed E-state index contributed by atoms with van der Waals surface area (Å²) in [4.78, 5) is 23.8. The topological polar surface area (TPSA) is 76.7 Å². The van der Waals surface area contributed by atoms with Gasteiger partial charge >= 0.3 is 0 Å². The highest BCUT2D eigenvalue weighted by atomic mass is 16.5. The van der Waals surface area contributed by atoms with E-state index in [2.05, 4.69) is 10.6 Å². The minimum atomic E-state index is -0.140. The van der Waals surface area contributed by atoms with Crippen LogP contribution in [0.25, 0.3) is 0 Å². The molecule has 2 aromatic carbocycles. The molecule has 0 unspecified atom stereocenters. The van der Waals surface area contributed by atoms with Crippen LogP contribution >= 0.6 is 0 Å². The first-order valence-corrected chi connectivity index (χ1v) is 8.95. The number of carbonyl (C=O) groups is 2. The van der Waals surface area contributed by atoms with Gasteiger partial charge in [0.05, 0.1) is 14.2 Å². The van der Waals surface area contributed by atoms with Crippen molar-refractivity contribution in [1.29, 1.82) is 0 Å². The molecule has 2 amide bonds. The van der Waals surface area contributed by atoms with Gasteiger partial charge in [0, 0.05) is 25.1 Å². The predicted octanol–water partition coefficient (Wildman–Crippen LogP) is 2.57. The molecule has 0 saturated heterocycles.